The largest absolute Gasteiger partial charge is 0.492 e. The van der Waals surface area contributed by atoms with Crippen molar-refractivity contribution in [1.82, 2.24) is 19.7 Å². The number of fused-ring (bicyclic) bond motifs is 1. The van der Waals surface area contributed by atoms with Crippen LogP contribution in [0.15, 0.2) is 58.4 Å². The van der Waals surface area contributed by atoms with Gasteiger partial charge in [0.2, 0.25) is 5.75 Å². The molecule has 0 spiro atoms. The maximum absolute atomic E-state index is 13.7. The number of benzene rings is 2. The van der Waals surface area contributed by atoms with Gasteiger partial charge in [-0.05, 0) is 29.8 Å². The van der Waals surface area contributed by atoms with Gasteiger partial charge in [0.25, 0.3) is 11.1 Å². The van der Waals surface area contributed by atoms with Gasteiger partial charge >= 0.3 is 6.18 Å². The minimum Gasteiger partial charge on any atom is -0.492 e. The summed E-state index contributed by atoms with van der Waals surface area (Å²) in [4.78, 5) is 29.1. The van der Waals surface area contributed by atoms with Gasteiger partial charge in [-0.3, -0.25) is 14.2 Å². The van der Waals surface area contributed by atoms with E-state index in [1.165, 1.54) is 12.1 Å². The Morgan fingerprint density at radius 2 is 2.00 bits per heavy atom. The van der Waals surface area contributed by atoms with E-state index < -0.39 is 28.7 Å². The van der Waals surface area contributed by atoms with Gasteiger partial charge in [-0.15, -0.1) is 0 Å². The normalized spacial score (nSPS) is 12.5. The highest BCUT2D eigenvalue weighted by Gasteiger charge is 2.39. The number of nitrogens with one attached hydrogen (secondary N) is 1. The second kappa shape index (κ2) is 9.68. The van der Waals surface area contributed by atoms with Crippen LogP contribution in [-0.2, 0) is 19.1 Å². The number of aromatic nitrogens is 4. The average molecular weight is 542 g/mol. The fourth-order valence-electron chi connectivity index (χ4n) is 4.01. The van der Waals surface area contributed by atoms with Crippen LogP contribution < -0.4 is 20.6 Å². The summed E-state index contributed by atoms with van der Waals surface area (Å²) in [5, 5.41) is 15.4. The standard InChI is InChI=1S/C25H15ClF3N5O4/c26-15-6-13(10-30)7-17(8-15)38-21-22(25(27,28)29)31-12-34(24(21)36)11-16-9-19(23(35)33-32-16)18-3-1-2-14-4-5-37-20(14)18/h1-3,6-9,12H,4-5,11H2,(H,33,35). The molecule has 0 aliphatic carbocycles. The Hall–Kier alpha value is -4.63. The van der Waals surface area contributed by atoms with Crippen LogP contribution in [-0.4, -0.2) is 26.4 Å². The van der Waals surface area contributed by atoms with Gasteiger partial charge in [0.1, 0.15) is 11.5 Å². The minimum absolute atomic E-state index is 0.0200. The zero-order chi connectivity index (χ0) is 27.0. The first kappa shape index (κ1) is 25.0. The number of aromatic amines is 1. The van der Waals surface area contributed by atoms with Crippen LogP contribution in [0.5, 0.6) is 17.2 Å². The van der Waals surface area contributed by atoms with Crippen molar-refractivity contribution in [3.05, 3.63) is 97.0 Å². The second-order valence-electron chi connectivity index (χ2n) is 8.24. The number of hydrogen-bond donors (Lipinski definition) is 1. The number of para-hydroxylation sites is 1. The lowest BCUT2D eigenvalue weighted by atomic mass is 10.0. The van der Waals surface area contributed by atoms with Crippen LogP contribution in [0.1, 0.15) is 22.5 Å². The van der Waals surface area contributed by atoms with Gasteiger partial charge < -0.3 is 9.47 Å². The Bertz CT molecular complexity index is 1730. The van der Waals surface area contributed by atoms with Crippen molar-refractivity contribution in [2.75, 3.05) is 6.61 Å². The Labute approximate surface area is 216 Å². The first-order valence-electron chi connectivity index (χ1n) is 11.0. The highest BCUT2D eigenvalue weighted by Crippen LogP contribution is 2.36. The highest BCUT2D eigenvalue weighted by molar-refractivity contribution is 6.30. The molecule has 0 amide bonds. The van der Waals surface area contributed by atoms with E-state index in [1.54, 1.807) is 18.2 Å². The summed E-state index contributed by atoms with van der Waals surface area (Å²) in [5.74, 6) is -0.791. The van der Waals surface area contributed by atoms with Crippen molar-refractivity contribution in [3.63, 3.8) is 0 Å². The third-order valence-corrected chi connectivity index (χ3v) is 5.90. The summed E-state index contributed by atoms with van der Waals surface area (Å²) < 4.78 is 52.8. The van der Waals surface area contributed by atoms with E-state index in [2.05, 4.69) is 15.2 Å². The number of nitriles is 1. The second-order valence-corrected chi connectivity index (χ2v) is 8.67. The molecular weight excluding hydrogens is 527 g/mol. The Kier molecular flexibility index (Phi) is 6.38. The molecule has 5 rings (SSSR count). The topological polar surface area (TPSA) is 123 Å². The lowest BCUT2D eigenvalue weighted by Gasteiger charge is -2.15. The number of H-pyrrole nitrogens is 1. The number of nitrogens with zero attached hydrogens (tertiary/aromatic N) is 4. The van der Waals surface area contributed by atoms with Crippen LogP contribution in [0, 0.1) is 11.3 Å². The lowest BCUT2D eigenvalue weighted by Crippen LogP contribution is -2.27. The third-order valence-electron chi connectivity index (χ3n) is 5.68. The van der Waals surface area contributed by atoms with Gasteiger partial charge in [0.15, 0.2) is 5.69 Å². The molecule has 2 aromatic carbocycles. The number of halogens is 4. The zero-order valence-electron chi connectivity index (χ0n) is 19.2. The van der Waals surface area contributed by atoms with Crippen LogP contribution in [0.25, 0.3) is 11.1 Å². The summed E-state index contributed by atoms with van der Waals surface area (Å²) in [6.45, 7) is 0.138. The molecule has 4 aromatic rings. The maximum atomic E-state index is 13.7. The van der Waals surface area contributed by atoms with E-state index in [9.17, 15) is 22.8 Å². The molecule has 1 aliphatic heterocycles. The SMILES string of the molecule is N#Cc1cc(Cl)cc(Oc2c(C(F)(F)F)ncn(Cc3cc(-c4cccc5c4OCC5)c(=O)[nH]n3)c2=O)c1. The van der Waals surface area contributed by atoms with Gasteiger partial charge in [0.05, 0.1) is 42.4 Å². The highest BCUT2D eigenvalue weighted by atomic mass is 35.5. The van der Waals surface area contributed by atoms with Gasteiger partial charge in [-0.25, -0.2) is 10.1 Å². The fraction of sp³-hybridized carbons (Fsp3) is 0.160. The molecule has 0 saturated heterocycles. The third kappa shape index (κ3) is 4.83. The molecule has 0 bridgehead atoms. The molecule has 3 heterocycles. The molecule has 0 atom stereocenters. The quantitative estimate of drug-likeness (QED) is 0.399. The molecule has 192 valence electrons. The van der Waals surface area contributed by atoms with Crippen LogP contribution >= 0.6 is 11.6 Å². The van der Waals surface area contributed by atoms with E-state index in [4.69, 9.17) is 26.3 Å². The molecule has 0 saturated carbocycles. The summed E-state index contributed by atoms with van der Waals surface area (Å²) in [5.41, 5.74) is -1.35. The first-order valence-corrected chi connectivity index (χ1v) is 11.4. The van der Waals surface area contributed by atoms with E-state index in [0.29, 0.717) is 30.7 Å². The van der Waals surface area contributed by atoms with Crippen molar-refractivity contribution >= 4 is 11.6 Å². The van der Waals surface area contributed by atoms with Gasteiger partial charge in [-0.2, -0.15) is 23.5 Å². The fourth-order valence-corrected chi connectivity index (χ4v) is 4.24. The lowest BCUT2D eigenvalue weighted by molar-refractivity contribution is -0.142. The monoisotopic (exact) mass is 541 g/mol. The zero-order valence-corrected chi connectivity index (χ0v) is 19.9. The summed E-state index contributed by atoms with van der Waals surface area (Å²) in [6, 6.07) is 12.2. The number of rotatable bonds is 5. The molecule has 2 aromatic heterocycles. The molecule has 13 heteroatoms. The van der Waals surface area contributed by atoms with Crippen molar-refractivity contribution in [2.24, 2.45) is 0 Å². The predicted molar refractivity (Wildman–Crippen MR) is 128 cm³/mol. The number of hydrogen-bond acceptors (Lipinski definition) is 7. The number of alkyl halides is 3. The van der Waals surface area contributed by atoms with Crippen molar-refractivity contribution in [2.45, 2.75) is 19.1 Å². The van der Waals surface area contributed by atoms with E-state index in [1.807, 2.05) is 6.07 Å². The average Bonchev–Trinajstić information content (AvgIpc) is 3.36. The van der Waals surface area contributed by atoms with Gasteiger partial charge in [-0.1, -0.05) is 29.8 Å². The van der Waals surface area contributed by atoms with E-state index in [0.717, 1.165) is 22.3 Å². The summed E-state index contributed by atoms with van der Waals surface area (Å²) in [7, 11) is 0. The van der Waals surface area contributed by atoms with Crippen molar-refractivity contribution in [3.8, 4) is 34.4 Å². The Morgan fingerprint density at radius 3 is 2.76 bits per heavy atom. The minimum atomic E-state index is -5.01. The molecule has 0 radical (unpaired) electrons. The van der Waals surface area contributed by atoms with Crippen molar-refractivity contribution in [1.29, 1.82) is 5.26 Å². The van der Waals surface area contributed by atoms with Gasteiger partial charge in [0, 0.05) is 17.0 Å². The molecule has 9 nitrogen and oxygen atoms in total. The molecule has 1 aliphatic rings. The molecular formula is C25H15ClF3N5O4. The predicted octanol–water partition coefficient (Wildman–Crippen LogP) is 4.31. The summed E-state index contributed by atoms with van der Waals surface area (Å²) in [6.07, 6.45) is -3.61. The van der Waals surface area contributed by atoms with E-state index in [-0.39, 0.29) is 34.1 Å². The smallest absolute Gasteiger partial charge is 0.437 e. The molecule has 0 fully saturated rings. The maximum Gasteiger partial charge on any atom is 0.437 e. The molecule has 1 N–H and O–H groups in total. The Morgan fingerprint density at radius 1 is 1.18 bits per heavy atom. The van der Waals surface area contributed by atoms with Crippen molar-refractivity contribution < 1.29 is 22.6 Å². The van der Waals surface area contributed by atoms with E-state index >= 15 is 0 Å². The molecule has 0 unspecified atom stereocenters. The first-order chi connectivity index (χ1) is 18.1. The summed E-state index contributed by atoms with van der Waals surface area (Å²) >= 11 is 5.92. The van der Waals surface area contributed by atoms with Crippen LogP contribution in [0.4, 0.5) is 13.2 Å². The van der Waals surface area contributed by atoms with Crippen LogP contribution in [0.3, 0.4) is 0 Å². The Balaban J connectivity index is 1.55. The number of ether oxygens (including phenoxy) is 2. The molecule has 38 heavy (non-hydrogen) atoms. The van der Waals surface area contributed by atoms with Crippen LogP contribution in [0.2, 0.25) is 5.02 Å².